The molecule has 1 aromatic heterocycles. The van der Waals surface area contributed by atoms with Crippen LogP contribution in [0, 0.1) is 13.8 Å². The van der Waals surface area contributed by atoms with Crippen LogP contribution in [0.15, 0.2) is 53.1 Å². The molecule has 0 amide bonds. The molecule has 1 heterocycles. The first-order chi connectivity index (χ1) is 10.1. The van der Waals surface area contributed by atoms with Crippen molar-refractivity contribution in [3.05, 3.63) is 75.4 Å². The second-order valence-electron chi connectivity index (χ2n) is 5.40. The highest BCUT2D eigenvalue weighted by Crippen LogP contribution is 2.28. The molecule has 0 aliphatic heterocycles. The Morgan fingerprint density at radius 1 is 1.00 bits per heavy atom. The summed E-state index contributed by atoms with van der Waals surface area (Å²) >= 11 is 3.60. The second-order valence-corrected chi connectivity index (χ2v) is 6.19. The molecular weight excluding hydrogens is 324 g/mol. The summed E-state index contributed by atoms with van der Waals surface area (Å²) in [5, 5.41) is 1.12. The molecule has 3 heteroatoms. The van der Waals surface area contributed by atoms with Gasteiger partial charge in [-0.1, -0.05) is 40.2 Å². The predicted molar refractivity (Wildman–Crippen MR) is 91.4 cm³/mol. The first-order valence-electron chi connectivity index (χ1n) is 6.93. The highest BCUT2D eigenvalue weighted by atomic mass is 79.9. The Labute approximate surface area is 133 Å². The fourth-order valence-corrected chi connectivity index (χ4v) is 2.87. The van der Waals surface area contributed by atoms with Crippen molar-refractivity contribution in [3.8, 4) is 0 Å². The molecule has 0 saturated carbocycles. The lowest BCUT2D eigenvalue weighted by atomic mass is 9.95. The van der Waals surface area contributed by atoms with Crippen LogP contribution in [0.3, 0.4) is 0 Å². The van der Waals surface area contributed by atoms with Crippen LogP contribution >= 0.6 is 15.9 Å². The molecule has 3 aromatic rings. The maximum Gasteiger partial charge on any atom is 0.0702 e. The van der Waals surface area contributed by atoms with Crippen LogP contribution < -0.4 is 5.73 Å². The van der Waals surface area contributed by atoms with Gasteiger partial charge in [0.2, 0.25) is 0 Å². The summed E-state index contributed by atoms with van der Waals surface area (Å²) in [6.07, 6.45) is 1.81. The lowest BCUT2D eigenvalue weighted by Crippen LogP contribution is -2.12. The third-order valence-electron chi connectivity index (χ3n) is 3.80. The quantitative estimate of drug-likeness (QED) is 0.736. The van der Waals surface area contributed by atoms with E-state index in [0.29, 0.717) is 0 Å². The first kappa shape index (κ1) is 14.2. The van der Waals surface area contributed by atoms with Crippen molar-refractivity contribution >= 4 is 26.8 Å². The third-order valence-corrected chi connectivity index (χ3v) is 5.05. The molecule has 3 rings (SSSR count). The van der Waals surface area contributed by atoms with Crippen molar-refractivity contribution in [1.29, 1.82) is 0 Å². The molecule has 0 fully saturated rings. The molecule has 0 radical (unpaired) electrons. The molecule has 1 atom stereocenters. The van der Waals surface area contributed by atoms with Crippen LogP contribution in [0.2, 0.25) is 0 Å². The molecule has 0 spiro atoms. The molecule has 1 unspecified atom stereocenters. The minimum atomic E-state index is -0.125. The fraction of sp³-hybridized carbons (Fsp3) is 0.167. The number of rotatable bonds is 2. The average molecular weight is 341 g/mol. The number of halogens is 1. The maximum absolute atomic E-state index is 6.46. The number of hydrogen-bond acceptors (Lipinski definition) is 2. The summed E-state index contributed by atoms with van der Waals surface area (Å²) in [6.45, 7) is 4.19. The van der Waals surface area contributed by atoms with Crippen LogP contribution in [0.4, 0.5) is 0 Å². The molecule has 2 aromatic carbocycles. The number of nitrogens with zero attached hydrogens (tertiary/aromatic N) is 1. The topological polar surface area (TPSA) is 38.9 Å². The van der Waals surface area contributed by atoms with Gasteiger partial charge >= 0.3 is 0 Å². The number of fused-ring (bicyclic) bond motifs is 1. The molecule has 2 N–H and O–H groups in total. The Bertz CT molecular complexity index is 788. The zero-order valence-corrected chi connectivity index (χ0v) is 13.7. The van der Waals surface area contributed by atoms with E-state index in [4.69, 9.17) is 5.73 Å². The van der Waals surface area contributed by atoms with Crippen molar-refractivity contribution in [2.75, 3.05) is 0 Å². The summed E-state index contributed by atoms with van der Waals surface area (Å²) in [5.41, 5.74) is 12.1. The van der Waals surface area contributed by atoms with Gasteiger partial charge in [-0.25, -0.2) is 0 Å². The van der Waals surface area contributed by atoms with Crippen LogP contribution in [0.25, 0.3) is 10.9 Å². The second kappa shape index (κ2) is 5.58. The van der Waals surface area contributed by atoms with Gasteiger partial charge in [0.15, 0.2) is 0 Å². The van der Waals surface area contributed by atoms with E-state index in [1.54, 1.807) is 0 Å². The molecule has 0 aliphatic rings. The van der Waals surface area contributed by atoms with Gasteiger partial charge in [-0.2, -0.15) is 0 Å². The van der Waals surface area contributed by atoms with E-state index in [9.17, 15) is 0 Å². The Morgan fingerprint density at radius 2 is 1.71 bits per heavy atom. The molecule has 106 valence electrons. The summed E-state index contributed by atoms with van der Waals surface area (Å²) < 4.78 is 1.15. The van der Waals surface area contributed by atoms with Crippen LogP contribution in [-0.4, -0.2) is 4.98 Å². The van der Waals surface area contributed by atoms with Gasteiger partial charge in [-0.3, -0.25) is 4.98 Å². The standard InChI is InChI=1S/C18H17BrN2/c1-11-8-15(9-12(2)17(11)19)18(20)14-5-6-16-13(10-14)4-3-7-21-16/h3-10,18H,20H2,1-2H3. The number of aryl methyl sites for hydroxylation is 2. The molecule has 0 aliphatic carbocycles. The highest BCUT2D eigenvalue weighted by Gasteiger charge is 2.12. The number of nitrogens with two attached hydrogens (primary N) is 1. The van der Waals surface area contributed by atoms with Gasteiger partial charge in [-0.15, -0.1) is 0 Å². The minimum Gasteiger partial charge on any atom is -0.320 e. The summed E-state index contributed by atoms with van der Waals surface area (Å²) in [6, 6.07) is 14.4. The number of aromatic nitrogens is 1. The number of benzene rings is 2. The molecule has 0 bridgehead atoms. The fourth-order valence-electron chi connectivity index (χ4n) is 2.64. The Morgan fingerprint density at radius 3 is 2.43 bits per heavy atom. The molecule has 2 nitrogen and oxygen atoms in total. The van der Waals surface area contributed by atoms with Crippen LogP contribution in [0.5, 0.6) is 0 Å². The lowest BCUT2D eigenvalue weighted by molar-refractivity contribution is 0.868. The van der Waals surface area contributed by atoms with Crippen LogP contribution in [-0.2, 0) is 0 Å². The zero-order chi connectivity index (χ0) is 15.0. The van der Waals surface area contributed by atoms with Gasteiger partial charge in [0.25, 0.3) is 0 Å². The van der Waals surface area contributed by atoms with Gasteiger partial charge < -0.3 is 5.73 Å². The third kappa shape index (κ3) is 2.71. The summed E-state index contributed by atoms with van der Waals surface area (Å²) in [4.78, 5) is 4.35. The van der Waals surface area contributed by atoms with Gasteiger partial charge in [0.1, 0.15) is 0 Å². The lowest BCUT2D eigenvalue weighted by Gasteiger charge is -2.16. The van der Waals surface area contributed by atoms with Crippen molar-refractivity contribution < 1.29 is 0 Å². The van der Waals surface area contributed by atoms with E-state index in [2.05, 4.69) is 65.1 Å². The van der Waals surface area contributed by atoms with E-state index < -0.39 is 0 Å². The zero-order valence-electron chi connectivity index (χ0n) is 12.1. The van der Waals surface area contributed by atoms with Crippen molar-refractivity contribution in [2.24, 2.45) is 5.73 Å². The van der Waals surface area contributed by atoms with Crippen molar-refractivity contribution in [3.63, 3.8) is 0 Å². The summed E-state index contributed by atoms with van der Waals surface area (Å²) in [7, 11) is 0. The monoisotopic (exact) mass is 340 g/mol. The van der Waals surface area contributed by atoms with Crippen LogP contribution in [0.1, 0.15) is 28.3 Å². The predicted octanol–water partition coefficient (Wildman–Crippen LogP) is 4.66. The molecular formula is C18H17BrN2. The van der Waals surface area contributed by atoms with Gasteiger partial charge in [0, 0.05) is 16.1 Å². The molecule has 0 saturated heterocycles. The molecule has 21 heavy (non-hydrogen) atoms. The van der Waals surface area contributed by atoms with E-state index in [1.807, 2.05) is 18.3 Å². The maximum atomic E-state index is 6.46. The van der Waals surface area contributed by atoms with Crippen molar-refractivity contribution in [2.45, 2.75) is 19.9 Å². The Kier molecular flexibility index (Phi) is 3.79. The Balaban J connectivity index is 2.05. The van der Waals surface area contributed by atoms with E-state index in [0.717, 1.165) is 26.5 Å². The smallest absolute Gasteiger partial charge is 0.0702 e. The van der Waals surface area contributed by atoms with E-state index >= 15 is 0 Å². The first-order valence-corrected chi connectivity index (χ1v) is 7.72. The minimum absolute atomic E-state index is 0.125. The van der Waals surface area contributed by atoms with E-state index in [1.165, 1.54) is 11.1 Å². The van der Waals surface area contributed by atoms with Gasteiger partial charge in [-0.05, 0) is 54.3 Å². The Hall–Kier alpha value is -1.71. The number of hydrogen-bond donors (Lipinski definition) is 1. The largest absolute Gasteiger partial charge is 0.320 e. The summed E-state index contributed by atoms with van der Waals surface area (Å²) in [5.74, 6) is 0. The number of pyridine rings is 1. The SMILES string of the molecule is Cc1cc(C(N)c2ccc3ncccc3c2)cc(C)c1Br. The van der Waals surface area contributed by atoms with Crippen molar-refractivity contribution in [1.82, 2.24) is 4.98 Å². The van der Waals surface area contributed by atoms with E-state index in [-0.39, 0.29) is 6.04 Å². The normalized spacial score (nSPS) is 12.6. The van der Waals surface area contributed by atoms with Gasteiger partial charge in [0.05, 0.1) is 11.6 Å². The average Bonchev–Trinajstić information content (AvgIpc) is 2.51. The highest BCUT2D eigenvalue weighted by molar-refractivity contribution is 9.10.